The maximum atomic E-state index is 10.8. The van der Waals surface area contributed by atoms with Crippen LogP contribution in [0.15, 0.2) is 24.5 Å². The molecule has 0 saturated carbocycles. The van der Waals surface area contributed by atoms with Crippen LogP contribution in [0.2, 0.25) is 0 Å². The average Bonchev–Trinajstić information content (AvgIpc) is 2.67. The number of aromatic nitrogens is 2. The number of rotatable bonds is 4. The van der Waals surface area contributed by atoms with Crippen LogP contribution < -0.4 is 0 Å². The van der Waals surface area contributed by atoms with Gasteiger partial charge in [0.15, 0.2) is 0 Å². The van der Waals surface area contributed by atoms with Gasteiger partial charge in [-0.1, -0.05) is 0 Å². The van der Waals surface area contributed by atoms with E-state index in [1.54, 1.807) is 29.8 Å². The highest BCUT2D eigenvalue weighted by molar-refractivity contribution is 5.88. The van der Waals surface area contributed by atoms with E-state index < -0.39 is 5.97 Å². The Labute approximate surface area is 92.3 Å². The number of methoxy groups -OCH3 is 1. The Kier molecular flexibility index (Phi) is 2.87. The van der Waals surface area contributed by atoms with Crippen molar-refractivity contribution in [1.29, 1.82) is 0 Å². The summed E-state index contributed by atoms with van der Waals surface area (Å²) in [7, 11) is 1.64. The number of ether oxygens (including phenoxy) is 1. The second-order valence-corrected chi connectivity index (χ2v) is 3.46. The number of hydrogen-bond donors (Lipinski definition) is 1. The summed E-state index contributed by atoms with van der Waals surface area (Å²) in [5.74, 6) is -0.941. The normalized spacial score (nSPS) is 10.8. The van der Waals surface area contributed by atoms with Crippen LogP contribution >= 0.6 is 0 Å². The van der Waals surface area contributed by atoms with Crippen LogP contribution in [0.1, 0.15) is 16.1 Å². The van der Waals surface area contributed by atoms with Gasteiger partial charge in [0.25, 0.3) is 0 Å². The molecule has 0 saturated heterocycles. The largest absolute Gasteiger partial charge is 0.478 e. The molecule has 0 aliphatic rings. The van der Waals surface area contributed by atoms with Gasteiger partial charge in [0.2, 0.25) is 0 Å². The summed E-state index contributed by atoms with van der Waals surface area (Å²) >= 11 is 0. The molecule has 2 aromatic rings. The lowest BCUT2D eigenvalue weighted by molar-refractivity contribution is 0.0697. The average molecular weight is 220 g/mol. The second kappa shape index (κ2) is 4.32. The first-order chi connectivity index (χ1) is 7.70. The van der Waals surface area contributed by atoms with Crippen LogP contribution in [-0.2, 0) is 11.2 Å². The molecule has 0 amide bonds. The van der Waals surface area contributed by atoms with Gasteiger partial charge >= 0.3 is 5.97 Å². The Morgan fingerprint density at radius 1 is 1.62 bits per heavy atom. The number of aromatic carboxylic acids is 1. The molecule has 2 rings (SSSR count). The lowest BCUT2D eigenvalue weighted by Gasteiger charge is -1.94. The third kappa shape index (κ3) is 2.04. The Bertz CT molecular complexity index is 519. The van der Waals surface area contributed by atoms with E-state index >= 15 is 0 Å². The molecule has 0 spiro atoms. The standard InChI is InChI=1S/C11H12N2O3/c1-16-5-3-9-7-13-4-2-8(11(14)15)6-10(13)12-9/h2,4,6-7H,3,5H2,1H3,(H,14,15). The summed E-state index contributed by atoms with van der Waals surface area (Å²) in [4.78, 5) is 15.1. The number of pyridine rings is 1. The van der Waals surface area contributed by atoms with E-state index in [-0.39, 0.29) is 5.56 Å². The van der Waals surface area contributed by atoms with E-state index in [0.717, 1.165) is 12.1 Å². The van der Waals surface area contributed by atoms with E-state index in [9.17, 15) is 4.79 Å². The Hall–Kier alpha value is -1.88. The van der Waals surface area contributed by atoms with Crippen LogP contribution in [0.5, 0.6) is 0 Å². The number of carbonyl (C=O) groups is 1. The molecule has 0 fully saturated rings. The van der Waals surface area contributed by atoms with Crippen molar-refractivity contribution in [2.24, 2.45) is 0 Å². The predicted molar refractivity (Wildman–Crippen MR) is 57.7 cm³/mol. The van der Waals surface area contributed by atoms with E-state index in [4.69, 9.17) is 9.84 Å². The first-order valence-corrected chi connectivity index (χ1v) is 4.90. The minimum Gasteiger partial charge on any atom is -0.478 e. The van der Waals surface area contributed by atoms with Crippen molar-refractivity contribution in [3.63, 3.8) is 0 Å². The summed E-state index contributed by atoms with van der Waals surface area (Å²) in [6.07, 6.45) is 4.29. The fraction of sp³-hybridized carbons (Fsp3) is 0.273. The van der Waals surface area contributed by atoms with Gasteiger partial charge in [-0.05, 0) is 12.1 Å². The van der Waals surface area contributed by atoms with Gasteiger partial charge in [0.05, 0.1) is 17.9 Å². The monoisotopic (exact) mass is 220 g/mol. The zero-order chi connectivity index (χ0) is 11.5. The van der Waals surface area contributed by atoms with Crippen molar-refractivity contribution in [3.05, 3.63) is 35.8 Å². The van der Waals surface area contributed by atoms with Crippen molar-refractivity contribution < 1.29 is 14.6 Å². The van der Waals surface area contributed by atoms with Gasteiger partial charge in [0, 0.05) is 25.9 Å². The van der Waals surface area contributed by atoms with Gasteiger partial charge in [0.1, 0.15) is 5.65 Å². The molecule has 0 atom stereocenters. The lowest BCUT2D eigenvalue weighted by atomic mass is 10.3. The molecule has 5 nitrogen and oxygen atoms in total. The van der Waals surface area contributed by atoms with Gasteiger partial charge in [-0.15, -0.1) is 0 Å². The van der Waals surface area contributed by atoms with Crippen LogP contribution in [0.3, 0.4) is 0 Å². The van der Waals surface area contributed by atoms with Crippen LogP contribution in [0, 0.1) is 0 Å². The molecular formula is C11H12N2O3. The van der Waals surface area contributed by atoms with Crippen molar-refractivity contribution in [2.75, 3.05) is 13.7 Å². The molecule has 0 aliphatic heterocycles. The molecule has 2 aromatic heterocycles. The Morgan fingerprint density at radius 3 is 3.12 bits per heavy atom. The molecule has 0 unspecified atom stereocenters. The number of carboxylic acid groups (broad SMARTS) is 1. The van der Waals surface area contributed by atoms with E-state index in [1.807, 2.05) is 6.20 Å². The summed E-state index contributed by atoms with van der Waals surface area (Å²) < 4.78 is 6.76. The summed E-state index contributed by atoms with van der Waals surface area (Å²) in [5.41, 5.74) is 1.78. The van der Waals surface area contributed by atoms with Crippen LogP contribution in [0.25, 0.3) is 5.65 Å². The number of fused-ring (bicyclic) bond motifs is 1. The first kappa shape index (κ1) is 10.6. The number of hydrogen-bond acceptors (Lipinski definition) is 3. The van der Waals surface area contributed by atoms with Gasteiger partial charge < -0.3 is 14.2 Å². The third-order valence-electron chi connectivity index (χ3n) is 2.32. The molecule has 2 heterocycles. The number of nitrogens with zero attached hydrogens (tertiary/aromatic N) is 2. The molecule has 0 aromatic carbocycles. The highest BCUT2D eigenvalue weighted by atomic mass is 16.5. The van der Waals surface area contributed by atoms with E-state index in [1.165, 1.54) is 0 Å². The lowest BCUT2D eigenvalue weighted by Crippen LogP contribution is -1.97. The number of carboxylic acids is 1. The first-order valence-electron chi connectivity index (χ1n) is 4.90. The van der Waals surface area contributed by atoms with E-state index in [0.29, 0.717) is 12.3 Å². The summed E-state index contributed by atoms with van der Waals surface area (Å²) in [6, 6.07) is 3.11. The van der Waals surface area contributed by atoms with Gasteiger partial charge in [-0.2, -0.15) is 0 Å². The highest BCUT2D eigenvalue weighted by Gasteiger charge is 2.06. The number of imidazole rings is 1. The SMILES string of the molecule is COCCc1cn2ccc(C(=O)O)cc2n1. The smallest absolute Gasteiger partial charge is 0.335 e. The predicted octanol–water partition coefficient (Wildman–Crippen LogP) is 1.22. The molecule has 1 N–H and O–H groups in total. The zero-order valence-corrected chi connectivity index (χ0v) is 8.88. The minimum absolute atomic E-state index is 0.247. The fourth-order valence-corrected chi connectivity index (χ4v) is 1.49. The Balaban J connectivity index is 2.34. The molecule has 0 radical (unpaired) electrons. The van der Waals surface area contributed by atoms with Crippen LogP contribution in [0.4, 0.5) is 0 Å². The quantitative estimate of drug-likeness (QED) is 0.841. The van der Waals surface area contributed by atoms with Crippen molar-refractivity contribution in [2.45, 2.75) is 6.42 Å². The van der Waals surface area contributed by atoms with Crippen molar-refractivity contribution >= 4 is 11.6 Å². The maximum Gasteiger partial charge on any atom is 0.335 e. The Morgan fingerprint density at radius 2 is 2.44 bits per heavy atom. The summed E-state index contributed by atoms with van der Waals surface area (Å²) in [5, 5.41) is 8.84. The third-order valence-corrected chi connectivity index (χ3v) is 2.32. The zero-order valence-electron chi connectivity index (χ0n) is 8.88. The molecule has 16 heavy (non-hydrogen) atoms. The molecule has 5 heteroatoms. The van der Waals surface area contributed by atoms with Crippen LogP contribution in [-0.4, -0.2) is 34.2 Å². The topological polar surface area (TPSA) is 63.8 Å². The van der Waals surface area contributed by atoms with Gasteiger partial charge in [-0.3, -0.25) is 0 Å². The van der Waals surface area contributed by atoms with Crippen molar-refractivity contribution in [3.8, 4) is 0 Å². The fourth-order valence-electron chi connectivity index (χ4n) is 1.49. The highest BCUT2D eigenvalue weighted by Crippen LogP contribution is 2.09. The maximum absolute atomic E-state index is 10.8. The molecule has 0 aliphatic carbocycles. The molecule has 84 valence electrons. The second-order valence-electron chi connectivity index (χ2n) is 3.46. The van der Waals surface area contributed by atoms with Gasteiger partial charge in [-0.25, -0.2) is 9.78 Å². The molecule has 0 bridgehead atoms. The molecular weight excluding hydrogens is 208 g/mol. The summed E-state index contributed by atoms with van der Waals surface area (Å²) in [6.45, 7) is 0.607. The van der Waals surface area contributed by atoms with Crippen molar-refractivity contribution in [1.82, 2.24) is 9.38 Å². The minimum atomic E-state index is -0.941. The van der Waals surface area contributed by atoms with E-state index in [2.05, 4.69) is 4.98 Å².